The molecule has 2 aromatic carbocycles. The molecule has 1 aliphatic heterocycles. The summed E-state index contributed by atoms with van der Waals surface area (Å²) < 4.78 is 1.70. The molecule has 31 heavy (non-hydrogen) atoms. The number of hydrogen-bond donors (Lipinski definition) is 1. The zero-order valence-corrected chi connectivity index (χ0v) is 16.9. The average molecular weight is 411 g/mol. The van der Waals surface area contributed by atoms with Crippen molar-refractivity contribution in [2.24, 2.45) is 0 Å². The molecule has 1 aliphatic rings. The van der Waals surface area contributed by atoms with Gasteiger partial charge in [0.1, 0.15) is 6.07 Å². The summed E-state index contributed by atoms with van der Waals surface area (Å²) >= 11 is 0. The molecule has 0 aliphatic carbocycles. The van der Waals surface area contributed by atoms with E-state index in [2.05, 4.69) is 16.0 Å². The third-order valence-electron chi connectivity index (χ3n) is 6.06. The molecule has 5 rings (SSSR count). The highest BCUT2D eigenvalue weighted by atomic mass is 16.2. The Morgan fingerprint density at radius 3 is 2.81 bits per heavy atom. The highest BCUT2D eigenvalue weighted by Crippen LogP contribution is 2.27. The van der Waals surface area contributed by atoms with Crippen LogP contribution in [-0.4, -0.2) is 38.4 Å². The fourth-order valence-corrected chi connectivity index (χ4v) is 4.51. The van der Waals surface area contributed by atoms with Crippen LogP contribution in [0.3, 0.4) is 0 Å². The number of amides is 1. The zero-order chi connectivity index (χ0) is 21.4. The number of aromatic nitrogens is 3. The maximum Gasteiger partial charge on any atom is 0.326 e. The van der Waals surface area contributed by atoms with Gasteiger partial charge in [0.15, 0.2) is 0 Å². The number of rotatable bonds is 3. The largest absolute Gasteiger partial charge is 0.342 e. The number of hydrogen-bond acceptors (Lipinski definition) is 4. The molecule has 7 nitrogen and oxygen atoms in total. The lowest BCUT2D eigenvalue weighted by molar-refractivity contribution is -0.131. The van der Waals surface area contributed by atoms with E-state index in [4.69, 9.17) is 0 Å². The van der Waals surface area contributed by atoms with Crippen LogP contribution >= 0.6 is 0 Å². The van der Waals surface area contributed by atoms with Crippen molar-refractivity contribution in [2.75, 3.05) is 13.1 Å². The van der Waals surface area contributed by atoms with Crippen molar-refractivity contribution in [2.45, 2.75) is 25.3 Å². The number of carbonyl (C=O) groups is 1. The number of nitrogens with zero attached hydrogens (tertiary/aromatic N) is 4. The molecule has 1 fully saturated rings. The highest BCUT2D eigenvalue weighted by molar-refractivity contribution is 5.83. The van der Waals surface area contributed by atoms with Gasteiger partial charge in [-0.1, -0.05) is 18.2 Å². The van der Waals surface area contributed by atoms with Gasteiger partial charge in [-0.15, -0.1) is 0 Å². The van der Waals surface area contributed by atoms with Gasteiger partial charge in [-0.05, 0) is 48.7 Å². The van der Waals surface area contributed by atoms with Crippen LogP contribution in [0.2, 0.25) is 0 Å². The van der Waals surface area contributed by atoms with Crippen LogP contribution in [0.5, 0.6) is 0 Å². The van der Waals surface area contributed by atoms with Gasteiger partial charge in [-0.25, -0.2) is 4.79 Å². The number of carbonyl (C=O) groups excluding carboxylic acids is 1. The first-order valence-corrected chi connectivity index (χ1v) is 10.4. The van der Waals surface area contributed by atoms with Crippen molar-refractivity contribution < 1.29 is 4.79 Å². The molecule has 154 valence electrons. The first-order chi connectivity index (χ1) is 15.1. The van der Waals surface area contributed by atoms with Gasteiger partial charge >= 0.3 is 5.69 Å². The van der Waals surface area contributed by atoms with E-state index in [1.165, 1.54) is 0 Å². The van der Waals surface area contributed by atoms with Crippen LogP contribution in [0.1, 0.15) is 30.0 Å². The fourth-order valence-electron chi connectivity index (χ4n) is 4.51. The Kier molecular flexibility index (Phi) is 4.75. The van der Waals surface area contributed by atoms with Crippen molar-refractivity contribution in [1.29, 1.82) is 5.26 Å². The molecule has 1 N–H and O–H groups in total. The van der Waals surface area contributed by atoms with E-state index in [9.17, 15) is 14.9 Å². The van der Waals surface area contributed by atoms with Gasteiger partial charge < -0.3 is 9.88 Å². The van der Waals surface area contributed by atoms with Gasteiger partial charge in [-0.2, -0.15) is 5.26 Å². The van der Waals surface area contributed by atoms with E-state index in [1.54, 1.807) is 22.9 Å². The van der Waals surface area contributed by atoms with Crippen LogP contribution in [0.4, 0.5) is 0 Å². The molecule has 2 aromatic heterocycles. The van der Waals surface area contributed by atoms with Crippen molar-refractivity contribution in [3.8, 4) is 6.07 Å². The summed E-state index contributed by atoms with van der Waals surface area (Å²) in [5.74, 6) is 0.0886. The molecule has 0 spiro atoms. The molecule has 0 bridgehead atoms. The summed E-state index contributed by atoms with van der Waals surface area (Å²) in [5, 5.41) is 10.5. The molecule has 3 heterocycles. The number of nitrogens with one attached hydrogen (secondary N) is 1. The number of piperidine rings is 1. The van der Waals surface area contributed by atoms with E-state index in [0.717, 1.165) is 16.5 Å². The lowest BCUT2D eigenvalue weighted by Crippen LogP contribution is -2.41. The van der Waals surface area contributed by atoms with Crippen LogP contribution < -0.4 is 5.69 Å². The maximum absolute atomic E-state index is 12.9. The maximum atomic E-state index is 12.9. The molecule has 7 heteroatoms. The monoisotopic (exact) mass is 411 g/mol. The summed E-state index contributed by atoms with van der Waals surface area (Å²) in [6.07, 6.45) is 3.47. The van der Waals surface area contributed by atoms with E-state index in [0.29, 0.717) is 48.9 Å². The molecular weight excluding hydrogens is 390 g/mol. The Bertz CT molecular complexity index is 1390. The smallest absolute Gasteiger partial charge is 0.326 e. The van der Waals surface area contributed by atoms with Crippen LogP contribution in [0.15, 0.2) is 59.5 Å². The number of nitriles is 1. The number of H-pyrrole nitrogens is 1. The minimum absolute atomic E-state index is 0.0356. The van der Waals surface area contributed by atoms with E-state index < -0.39 is 0 Å². The first kappa shape index (κ1) is 19.1. The molecule has 1 amide bonds. The molecule has 0 unspecified atom stereocenters. The fraction of sp³-hybridized carbons (Fsp3) is 0.250. The Morgan fingerprint density at radius 2 is 2.00 bits per heavy atom. The Morgan fingerprint density at radius 1 is 1.16 bits per heavy atom. The lowest BCUT2D eigenvalue weighted by atomic mass is 10.0. The van der Waals surface area contributed by atoms with Crippen LogP contribution in [-0.2, 0) is 11.2 Å². The summed E-state index contributed by atoms with van der Waals surface area (Å²) in [4.78, 5) is 34.5. The van der Waals surface area contributed by atoms with Gasteiger partial charge in [0, 0.05) is 30.7 Å². The van der Waals surface area contributed by atoms with Gasteiger partial charge in [0.2, 0.25) is 5.91 Å². The van der Waals surface area contributed by atoms with Crippen LogP contribution in [0.25, 0.3) is 21.9 Å². The normalized spacial score (nSPS) is 14.7. The van der Waals surface area contributed by atoms with Crippen molar-refractivity contribution in [3.63, 3.8) is 0 Å². The number of para-hydroxylation sites is 1. The molecule has 4 aromatic rings. The lowest BCUT2D eigenvalue weighted by Gasteiger charge is -2.32. The van der Waals surface area contributed by atoms with E-state index >= 15 is 0 Å². The second-order valence-corrected chi connectivity index (χ2v) is 7.93. The summed E-state index contributed by atoms with van der Waals surface area (Å²) in [6.45, 7) is 1.18. The summed E-state index contributed by atoms with van der Waals surface area (Å²) in [6, 6.07) is 17.3. The average Bonchev–Trinajstić information content (AvgIpc) is 3.15. The van der Waals surface area contributed by atoms with Gasteiger partial charge in [0.05, 0.1) is 28.5 Å². The molecule has 0 saturated carbocycles. The standard InChI is InChI=1S/C24H21N5O2/c25-15-18-3-1-5-21-23(18)29(24(31)27-21)19-8-11-28(12-9-19)22(30)14-16-6-7-20-17(13-16)4-2-10-26-20/h1-7,10,13,19H,8-9,11-12,14H2,(H,27,31). The topological polar surface area (TPSA) is 94.8 Å². The molecule has 0 atom stereocenters. The number of pyridine rings is 1. The zero-order valence-electron chi connectivity index (χ0n) is 16.9. The molecule has 0 radical (unpaired) electrons. The highest BCUT2D eigenvalue weighted by Gasteiger charge is 2.27. The predicted molar refractivity (Wildman–Crippen MR) is 118 cm³/mol. The number of likely N-dealkylation sites (tertiary alicyclic amines) is 1. The minimum Gasteiger partial charge on any atom is -0.342 e. The second kappa shape index (κ2) is 7.73. The van der Waals surface area contributed by atoms with Crippen molar-refractivity contribution >= 4 is 27.8 Å². The Balaban J connectivity index is 1.31. The van der Waals surface area contributed by atoms with Gasteiger partial charge in [-0.3, -0.25) is 14.3 Å². The Hall–Kier alpha value is -3.92. The third-order valence-corrected chi connectivity index (χ3v) is 6.06. The second-order valence-electron chi connectivity index (χ2n) is 7.93. The number of fused-ring (bicyclic) bond motifs is 2. The first-order valence-electron chi connectivity index (χ1n) is 10.4. The third kappa shape index (κ3) is 3.46. The number of benzene rings is 2. The number of aromatic amines is 1. The quantitative estimate of drug-likeness (QED) is 0.560. The van der Waals surface area contributed by atoms with Crippen molar-refractivity contribution in [1.82, 2.24) is 19.4 Å². The van der Waals surface area contributed by atoms with Crippen molar-refractivity contribution in [3.05, 3.63) is 76.3 Å². The van der Waals surface area contributed by atoms with E-state index in [-0.39, 0.29) is 17.6 Å². The van der Waals surface area contributed by atoms with Crippen LogP contribution in [0, 0.1) is 11.3 Å². The molecular formula is C24H21N5O2. The Labute approximate surface area is 178 Å². The summed E-state index contributed by atoms with van der Waals surface area (Å²) in [5.41, 5.74) is 3.50. The molecule has 1 saturated heterocycles. The minimum atomic E-state index is -0.202. The number of imidazole rings is 1. The van der Waals surface area contributed by atoms with Gasteiger partial charge in [0.25, 0.3) is 0 Å². The predicted octanol–water partition coefficient (Wildman–Crippen LogP) is 3.16. The van der Waals surface area contributed by atoms with E-state index in [1.807, 2.05) is 41.3 Å². The SMILES string of the molecule is N#Cc1cccc2[nH]c(=O)n(C3CCN(C(=O)Cc4ccc5ncccc5c4)CC3)c12. The summed E-state index contributed by atoms with van der Waals surface area (Å²) in [7, 11) is 0.